The van der Waals surface area contributed by atoms with E-state index in [2.05, 4.69) is 26.8 Å². The van der Waals surface area contributed by atoms with E-state index in [1.807, 2.05) is 26.8 Å². The van der Waals surface area contributed by atoms with Crippen molar-refractivity contribution in [2.45, 2.75) is 77.9 Å². The van der Waals surface area contributed by atoms with Crippen molar-refractivity contribution < 1.29 is 23.4 Å². The Kier molecular flexibility index (Phi) is 5.50. The third-order valence-electron chi connectivity index (χ3n) is 7.93. The van der Waals surface area contributed by atoms with Crippen LogP contribution in [-0.2, 0) is 24.6 Å². The van der Waals surface area contributed by atoms with E-state index in [1.165, 1.54) is 6.08 Å². The molecule has 4 rings (SSSR count). The Labute approximate surface area is 185 Å². The van der Waals surface area contributed by atoms with Gasteiger partial charge in [-0.3, -0.25) is 0 Å². The number of carbonyl (C=O) groups excluding carboxylic acids is 1. The number of methoxy groups -OCH3 is 1. The zero-order chi connectivity index (χ0) is 22.6. The van der Waals surface area contributed by atoms with Crippen molar-refractivity contribution in [3.63, 3.8) is 0 Å². The number of fused-ring (bicyclic) bond motifs is 3. The number of allylic oxidation sites excluding steroid dienone is 2. The average Bonchev–Trinajstić information content (AvgIpc) is 3.04. The average molecular weight is 429 g/mol. The van der Waals surface area contributed by atoms with Crippen molar-refractivity contribution in [3.05, 3.63) is 47.1 Å². The molecule has 1 aromatic rings. The summed E-state index contributed by atoms with van der Waals surface area (Å²) in [6, 6.07) is 2.13. The predicted octanol–water partition coefficient (Wildman–Crippen LogP) is 5.78. The number of esters is 1. The van der Waals surface area contributed by atoms with Crippen LogP contribution in [0.1, 0.15) is 76.9 Å². The molecular weight excluding hydrogens is 392 g/mol. The SMILES string of the molecule is CO[C@@]12COC(C)(C)[C@@H]3CC[C@@](C)(C[C@@H]31)[C@@H](C=COC(=O)C=C(C)C)c1cc(C)oc12. The highest BCUT2D eigenvalue weighted by atomic mass is 16.6. The van der Waals surface area contributed by atoms with Crippen LogP contribution in [0.3, 0.4) is 0 Å². The number of ether oxygens (including phenoxy) is 3. The zero-order valence-corrected chi connectivity index (χ0v) is 19.9. The van der Waals surface area contributed by atoms with Gasteiger partial charge in [0, 0.05) is 30.6 Å². The second-order valence-corrected chi connectivity index (χ2v) is 10.7. The second-order valence-electron chi connectivity index (χ2n) is 10.7. The molecule has 5 atom stereocenters. The van der Waals surface area contributed by atoms with Gasteiger partial charge < -0.3 is 18.6 Å². The quantitative estimate of drug-likeness (QED) is 0.346. The smallest absolute Gasteiger partial charge is 0.335 e. The van der Waals surface area contributed by atoms with Crippen molar-refractivity contribution >= 4 is 5.97 Å². The van der Waals surface area contributed by atoms with Crippen molar-refractivity contribution in [2.75, 3.05) is 13.7 Å². The molecule has 2 bridgehead atoms. The molecule has 2 heterocycles. The molecule has 0 N–H and O–H groups in total. The monoisotopic (exact) mass is 428 g/mol. The van der Waals surface area contributed by atoms with Gasteiger partial charge in [0.15, 0.2) is 5.60 Å². The molecule has 3 aliphatic rings. The molecule has 2 fully saturated rings. The van der Waals surface area contributed by atoms with Gasteiger partial charge in [0.1, 0.15) is 11.5 Å². The van der Waals surface area contributed by atoms with Crippen molar-refractivity contribution in [2.24, 2.45) is 17.3 Å². The molecule has 1 saturated heterocycles. The molecule has 170 valence electrons. The Balaban J connectivity index is 1.79. The van der Waals surface area contributed by atoms with Crippen LogP contribution in [0.4, 0.5) is 0 Å². The van der Waals surface area contributed by atoms with Crippen LogP contribution >= 0.6 is 0 Å². The Morgan fingerprint density at radius 3 is 2.65 bits per heavy atom. The maximum atomic E-state index is 12.0. The fourth-order valence-corrected chi connectivity index (χ4v) is 6.34. The molecular formula is C26H36O5. The third-order valence-corrected chi connectivity index (χ3v) is 7.93. The van der Waals surface area contributed by atoms with E-state index in [0.29, 0.717) is 18.4 Å². The first-order valence-electron chi connectivity index (χ1n) is 11.3. The fourth-order valence-electron chi connectivity index (χ4n) is 6.34. The molecule has 0 unspecified atom stereocenters. The maximum absolute atomic E-state index is 12.0. The Bertz CT molecular complexity index is 918. The summed E-state index contributed by atoms with van der Waals surface area (Å²) < 4.78 is 24.4. The van der Waals surface area contributed by atoms with E-state index in [9.17, 15) is 4.79 Å². The first-order valence-corrected chi connectivity index (χ1v) is 11.3. The Hall–Kier alpha value is -1.85. The lowest BCUT2D eigenvalue weighted by molar-refractivity contribution is -0.256. The number of aryl methyl sites for hydroxylation is 1. The van der Waals surface area contributed by atoms with E-state index in [0.717, 1.165) is 41.9 Å². The molecule has 0 radical (unpaired) electrons. The van der Waals surface area contributed by atoms with Crippen molar-refractivity contribution in [1.29, 1.82) is 0 Å². The minimum absolute atomic E-state index is 0.0132. The van der Waals surface area contributed by atoms with Crippen molar-refractivity contribution in [1.82, 2.24) is 0 Å². The minimum atomic E-state index is -0.590. The second kappa shape index (κ2) is 7.63. The van der Waals surface area contributed by atoms with Crippen LogP contribution in [0.15, 0.2) is 34.5 Å². The highest BCUT2D eigenvalue weighted by Crippen LogP contribution is 2.64. The molecule has 1 saturated carbocycles. The maximum Gasteiger partial charge on any atom is 0.335 e. The summed E-state index contributed by atoms with van der Waals surface area (Å²) in [7, 11) is 1.78. The van der Waals surface area contributed by atoms with E-state index < -0.39 is 5.60 Å². The molecule has 5 nitrogen and oxygen atoms in total. The van der Waals surface area contributed by atoms with Crippen LogP contribution in [0, 0.1) is 24.2 Å². The molecule has 5 heteroatoms. The molecule has 0 aromatic carbocycles. The molecule has 2 aliphatic carbocycles. The Morgan fingerprint density at radius 2 is 1.97 bits per heavy atom. The highest BCUT2D eigenvalue weighted by molar-refractivity contribution is 5.83. The fraction of sp³-hybridized carbons (Fsp3) is 0.654. The van der Waals surface area contributed by atoms with E-state index in [-0.39, 0.29) is 22.9 Å². The summed E-state index contributed by atoms with van der Waals surface area (Å²) in [6.07, 6.45) is 8.26. The van der Waals surface area contributed by atoms with Crippen LogP contribution < -0.4 is 0 Å². The summed E-state index contributed by atoms with van der Waals surface area (Å²) in [6.45, 7) is 13.0. The summed E-state index contributed by atoms with van der Waals surface area (Å²) in [4.78, 5) is 12.0. The van der Waals surface area contributed by atoms with Crippen LogP contribution in [0.2, 0.25) is 0 Å². The molecule has 0 spiro atoms. The molecule has 0 amide bonds. The number of hydrogen-bond donors (Lipinski definition) is 0. The molecule has 1 aromatic heterocycles. The van der Waals surface area contributed by atoms with Gasteiger partial charge >= 0.3 is 5.97 Å². The van der Waals surface area contributed by atoms with Crippen molar-refractivity contribution in [3.8, 4) is 0 Å². The highest BCUT2D eigenvalue weighted by Gasteiger charge is 2.63. The topological polar surface area (TPSA) is 57.9 Å². The van der Waals surface area contributed by atoms with E-state index >= 15 is 0 Å². The summed E-state index contributed by atoms with van der Waals surface area (Å²) in [5.74, 6) is 2.17. The summed E-state index contributed by atoms with van der Waals surface area (Å²) in [5, 5.41) is 0. The lowest BCUT2D eigenvalue weighted by Gasteiger charge is -2.57. The molecule has 31 heavy (non-hydrogen) atoms. The number of hydrogen-bond acceptors (Lipinski definition) is 5. The van der Waals surface area contributed by atoms with Gasteiger partial charge in [-0.1, -0.05) is 12.5 Å². The first-order chi connectivity index (χ1) is 14.5. The number of rotatable bonds is 4. The minimum Gasteiger partial charge on any atom is -0.463 e. The normalized spacial score (nSPS) is 35.9. The Morgan fingerprint density at radius 1 is 1.23 bits per heavy atom. The lowest BCUT2D eigenvalue weighted by atomic mass is 9.55. The zero-order valence-electron chi connectivity index (χ0n) is 19.9. The van der Waals surface area contributed by atoms with Gasteiger partial charge in [-0.15, -0.1) is 0 Å². The van der Waals surface area contributed by atoms with E-state index in [4.69, 9.17) is 18.6 Å². The van der Waals surface area contributed by atoms with E-state index in [1.54, 1.807) is 13.4 Å². The van der Waals surface area contributed by atoms with Crippen LogP contribution in [0.25, 0.3) is 0 Å². The number of carbonyl (C=O) groups is 1. The van der Waals surface area contributed by atoms with Gasteiger partial charge in [0.25, 0.3) is 0 Å². The lowest BCUT2D eigenvalue weighted by Crippen LogP contribution is -2.59. The largest absolute Gasteiger partial charge is 0.463 e. The third kappa shape index (κ3) is 3.60. The number of furan rings is 1. The summed E-state index contributed by atoms with van der Waals surface area (Å²) in [5.41, 5.74) is 1.28. The van der Waals surface area contributed by atoms with Gasteiger partial charge in [-0.2, -0.15) is 0 Å². The van der Waals surface area contributed by atoms with Crippen LogP contribution in [0.5, 0.6) is 0 Å². The standard InChI is InChI=1S/C26H36O5/c1-16(2)12-22(27)29-11-9-19-18-13-17(3)31-23(18)26(28-7)15-30-24(4,5)20-8-10-25(19,6)14-21(20)26/h9,11-13,19-21H,8,10,14-15H2,1-7H3/t19-,20+,21-,25-,26-/m0/s1. The first kappa shape index (κ1) is 22.3. The van der Waals surface area contributed by atoms with Gasteiger partial charge in [0.2, 0.25) is 0 Å². The van der Waals surface area contributed by atoms with Gasteiger partial charge in [0.05, 0.1) is 18.5 Å². The van der Waals surface area contributed by atoms with Crippen LogP contribution in [-0.4, -0.2) is 25.3 Å². The summed E-state index contributed by atoms with van der Waals surface area (Å²) >= 11 is 0. The predicted molar refractivity (Wildman–Crippen MR) is 119 cm³/mol. The molecule has 1 aliphatic heterocycles. The van der Waals surface area contributed by atoms with Gasteiger partial charge in [-0.25, -0.2) is 4.79 Å². The van der Waals surface area contributed by atoms with Gasteiger partial charge in [-0.05, 0) is 77.4 Å².